The highest BCUT2D eigenvalue weighted by Gasteiger charge is 2.34. The molecule has 4 rings (SSSR count). The van der Waals surface area contributed by atoms with Gasteiger partial charge < -0.3 is 23.7 Å². The topological polar surface area (TPSA) is 97.6 Å². The monoisotopic (exact) mass is 566 g/mol. The average molecular weight is 567 g/mol. The molecule has 0 aliphatic carbocycles. The van der Waals surface area contributed by atoms with Gasteiger partial charge in [0.05, 0.1) is 56.4 Å². The van der Waals surface area contributed by atoms with E-state index < -0.39 is 12.0 Å². The van der Waals surface area contributed by atoms with E-state index in [0.29, 0.717) is 61.3 Å². The van der Waals surface area contributed by atoms with Gasteiger partial charge in [-0.3, -0.25) is 9.36 Å². The molecule has 1 atom stereocenters. The van der Waals surface area contributed by atoms with Crippen LogP contribution in [0.3, 0.4) is 0 Å². The van der Waals surface area contributed by atoms with Gasteiger partial charge in [0.2, 0.25) is 0 Å². The average Bonchev–Trinajstić information content (AvgIpc) is 3.26. The minimum absolute atomic E-state index is 0.192. The van der Waals surface area contributed by atoms with E-state index in [9.17, 15) is 9.59 Å². The molecule has 2 heterocycles. The molecule has 9 nitrogen and oxygen atoms in total. The summed E-state index contributed by atoms with van der Waals surface area (Å²) in [6.07, 6.45) is 3.67. The highest BCUT2D eigenvalue weighted by molar-refractivity contribution is 7.07. The van der Waals surface area contributed by atoms with Crippen LogP contribution in [0.4, 0.5) is 0 Å². The maximum atomic E-state index is 13.9. The standard InChI is InChI=1S/C30H34N2O7S/c1-7-9-14-39-22-13-11-20(15-24(22)37-6)27-26(29(34)38-8-2)18(3)31-30-32(27)28(33)25(40-30)16-19-10-12-21(35-4)17-23(19)36-5/h10-13,15-17,27H,7-9,14H2,1-6H3/b25-16+. The number of nitrogens with zero attached hydrogens (tertiary/aromatic N) is 2. The fourth-order valence-electron chi connectivity index (χ4n) is 4.49. The van der Waals surface area contributed by atoms with Gasteiger partial charge in [0.1, 0.15) is 11.5 Å². The van der Waals surface area contributed by atoms with Crippen molar-refractivity contribution < 1.29 is 28.5 Å². The number of carbonyl (C=O) groups excluding carboxylic acids is 1. The Hall–Kier alpha value is -4.05. The second kappa shape index (κ2) is 12.9. The predicted octanol–water partition coefficient (Wildman–Crippen LogP) is 4.00. The Morgan fingerprint density at radius 2 is 1.80 bits per heavy atom. The van der Waals surface area contributed by atoms with Crippen LogP contribution in [0.5, 0.6) is 23.0 Å². The summed E-state index contributed by atoms with van der Waals surface area (Å²) >= 11 is 1.24. The third-order valence-corrected chi connectivity index (χ3v) is 7.49. The van der Waals surface area contributed by atoms with E-state index in [2.05, 4.69) is 11.9 Å². The second-order valence-electron chi connectivity index (χ2n) is 9.02. The summed E-state index contributed by atoms with van der Waals surface area (Å²) in [5.74, 6) is 1.78. The van der Waals surface area contributed by atoms with Crippen LogP contribution >= 0.6 is 11.3 Å². The molecule has 40 heavy (non-hydrogen) atoms. The van der Waals surface area contributed by atoms with E-state index in [1.54, 1.807) is 65.5 Å². The number of fused-ring (bicyclic) bond motifs is 1. The molecule has 0 saturated heterocycles. The lowest BCUT2D eigenvalue weighted by Gasteiger charge is -2.25. The van der Waals surface area contributed by atoms with Gasteiger partial charge in [-0.2, -0.15) is 0 Å². The molecule has 0 fully saturated rings. The number of benzene rings is 2. The van der Waals surface area contributed by atoms with Gasteiger partial charge in [0.15, 0.2) is 16.3 Å². The molecular formula is C30H34N2O7S. The largest absolute Gasteiger partial charge is 0.497 e. The van der Waals surface area contributed by atoms with Crippen LogP contribution < -0.4 is 33.8 Å². The maximum absolute atomic E-state index is 13.9. The number of hydrogen-bond acceptors (Lipinski definition) is 9. The molecule has 0 N–H and O–H groups in total. The minimum atomic E-state index is -0.770. The number of allylic oxidation sites excluding steroid dienone is 1. The fourth-order valence-corrected chi connectivity index (χ4v) is 5.52. The Morgan fingerprint density at radius 1 is 1.02 bits per heavy atom. The van der Waals surface area contributed by atoms with Crippen LogP contribution in [0.2, 0.25) is 0 Å². The molecule has 1 aliphatic rings. The van der Waals surface area contributed by atoms with Crippen LogP contribution in [-0.2, 0) is 9.53 Å². The first-order chi connectivity index (χ1) is 19.4. The number of methoxy groups -OCH3 is 3. The van der Waals surface area contributed by atoms with E-state index in [-0.39, 0.29) is 12.2 Å². The molecule has 3 aromatic rings. The maximum Gasteiger partial charge on any atom is 0.338 e. The van der Waals surface area contributed by atoms with Crippen molar-refractivity contribution in [1.82, 2.24) is 4.57 Å². The summed E-state index contributed by atoms with van der Waals surface area (Å²) in [7, 11) is 4.70. The molecule has 0 radical (unpaired) electrons. The van der Waals surface area contributed by atoms with Crippen molar-refractivity contribution in [2.75, 3.05) is 34.5 Å². The summed E-state index contributed by atoms with van der Waals surface area (Å²) in [6, 6.07) is 10.1. The number of hydrogen-bond donors (Lipinski definition) is 0. The number of rotatable bonds is 11. The van der Waals surface area contributed by atoms with Crippen LogP contribution in [0.1, 0.15) is 50.8 Å². The zero-order chi connectivity index (χ0) is 28.8. The lowest BCUT2D eigenvalue weighted by Crippen LogP contribution is -2.40. The number of thiazole rings is 1. The molecule has 0 amide bonds. The Kier molecular flexibility index (Phi) is 9.31. The lowest BCUT2D eigenvalue weighted by atomic mass is 9.95. The predicted molar refractivity (Wildman–Crippen MR) is 153 cm³/mol. The molecule has 1 aromatic heterocycles. The first-order valence-electron chi connectivity index (χ1n) is 13.1. The van der Waals surface area contributed by atoms with E-state index in [0.717, 1.165) is 12.8 Å². The molecule has 0 spiro atoms. The van der Waals surface area contributed by atoms with Crippen LogP contribution in [0.15, 0.2) is 57.5 Å². The van der Waals surface area contributed by atoms with Gasteiger partial charge in [-0.25, -0.2) is 9.79 Å². The highest BCUT2D eigenvalue weighted by Crippen LogP contribution is 2.36. The Labute approximate surface area is 236 Å². The van der Waals surface area contributed by atoms with Crippen molar-refractivity contribution >= 4 is 23.4 Å². The SMILES string of the molecule is CCCCOc1ccc(C2C(C(=O)OCC)=C(C)N=c3s/c(=C/c4ccc(OC)cc4OC)c(=O)n32)cc1OC. The zero-order valence-electron chi connectivity index (χ0n) is 23.6. The number of aromatic nitrogens is 1. The van der Waals surface area contributed by atoms with Crippen molar-refractivity contribution in [3.8, 4) is 23.0 Å². The molecule has 212 valence electrons. The van der Waals surface area contributed by atoms with Crippen molar-refractivity contribution in [1.29, 1.82) is 0 Å². The fraction of sp³-hybridized carbons (Fsp3) is 0.367. The highest BCUT2D eigenvalue weighted by atomic mass is 32.1. The number of unbranched alkanes of at least 4 members (excludes halogenated alkanes) is 1. The summed E-state index contributed by atoms with van der Waals surface area (Å²) in [5.41, 5.74) is 1.88. The first-order valence-corrected chi connectivity index (χ1v) is 13.9. The zero-order valence-corrected chi connectivity index (χ0v) is 24.4. The third-order valence-electron chi connectivity index (χ3n) is 6.50. The van der Waals surface area contributed by atoms with E-state index in [4.69, 9.17) is 23.7 Å². The van der Waals surface area contributed by atoms with Crippen LogP contribution in [-0.4, -0.2) is 45.1 Å². The minimum Gasteiger partial charge on any atom is -0.497 e. The van der Waals surface area contributed by atoms with Crippen molar-refractivity contribution in [3.05, 3.63) is 78.5 Å². The van der Waals surface area contributed by atoms with E-state index >= 15 is 0 Å². The molecule has 0 bridgehead atoms. The Balaban J connectivity index is 1.90. The van der Waals surface area contributed by atoms with E-state index in [1.165, 1.54) is 15.9 Å². The van der Waals surface area contributed by atoms with Gasteiger partial charge in [-0.1, -0.05) is 30.7 Å². The van der Waals surface area contributed by atoms with Crippen LogP contribution in [0.25, 0.3) is 6.08 Å². The number of carbonyl (C=O) groups is 1. The van der Waals surface area contributed by atoms with Crippen LogP contribution in [0, 0.1) is 0 Å². The Bertz CT molecular complexity index is 1600. The van der Waals surface area contributed by atoms with Gasteiger partial charge in [-0.05, 0) is 56.2 Å². The molecule has 1 unspecified atom stereocenters. The smallest absolute Gasteiger partial charge is 0.338 e. The molecular weight excluding hydrogens is 532 g/mol. The van der Waals surface area contributed by atoms with Gasteiger partial charge >= 0.3 is 5.97 Å². The lowest BCUT2D eigenvalue weighted by molar-refractivity contribution is -0.139. The van der Waals surface area contributed by atoms with Crippen molar-refractivity contribution in [2.45, 2.75) is 39.7 Å². The summed E-state index contributed by atoms with van der Waals surface area (Å²) in [6.45, 7) is 6.34. The molecule has 2 aromatic carbocycles. The number of ether oxygens (including phenoxy) is 5. The molecule has 0 saturated carbocycles. The third kappa shape index (κ3) is 5.77. The summed E-state index contributed by atoms with van der Waals surface area (Å²) in [4.78, 5) is 32.3. The summed E-state index contributed by atoms with van der Waals surface area (Å²) in [5, 5.41) is 0. The normalized spacial score (nSPS) is 14.8. The quantitative estimate of drug-likeness (QED) is 0.256. The molecule has 10 heteroatoms. The Morgan fingerprint density at radius 3 is 2.48 bits per heavy atom. The van der Waals surface area contributed by atoms with Crippen molar-refractivity contribution in [3.63, 3.8) is 0 Å². The van der Waals surface area contributed by atoms with Gasteiger partial charge in [0.25, 0.3) is 5.56 Å². The molecule has 1 aliphatic heterocycles. The van der Waals surface area contributed by atoms with E-state index in [1.807, 2.05) is 12.1 Å². The van der Waals surface area contributed by atoms with Gasteiger partial charge in [0, 0.05) is 11.6 Å². The second-order valence-corrected chi connectivity index (χ2v) is 10.0. The number of esters is 1. The van der Waals surface area contributed by atoms with Crippen molar-refractivity contribution in [2.24, 2.45) is 4.99 Å². The van der Waals surface area contributed by atoms with Gasteiger partial charge in [-0.15, -0.1) is 0 Å². The first kappa shape index (κ1) is 28.9. The summed E-state index contributed by atoms with van der Waals surface area (Å²) < 4.78 is 29.7.